The summed E-state index contributed by atoms with van der Waals surface area (Å²) in [5, 5.41) is 13.2. The molecule has 7 heteroatoms. The molecule has 7 nitrogen and oxygen atoms in total. The normalized spacial score (nSPS) is 14.3. The molecule has 0 bridgehead atoms. The van der Waals surface area contributed by atoms with E-state index in [1.165, 1.54) is 24.3 Å². The van der Waals surface area contributed by atoms with Gasteiger partial charge in [0.1, 0.15) is 6.04 Å². The Bertz CT molecular complexity index is 508. The molecule has 1 amide bonds. The van der Waals surface area contributed by atoms with Crippen LogP contribution in [-0.2, 0) is 9.53 Å². The van der Waals surface area contributed by atoms with E-state index in [9.17, 15) is 14.9 Å². The van der Waals surface area contributed by atoms with Gasteiger partial charge < -0.3 is 15.8 Å². The van der Waals surface area contributed by atoms with E-state index in [4.69, 9.17) is 10.5 Å². The summed E-state index contributed by atoms with van der Waals surface area (Å²) in [6.07, 6.45) is -0.456. The molecule has 1 rings (SSSR count). The third-order valence-corrected chi connectivity index (χ3v) is 2.69. The number of rotatable bonds is 5. The van der Waals surface area contributed by atoms with Crippen molar-refractivity contribution < 1.29 is 14.5 Å². The lowest BCUT2D eigenvalue weighted by Gasteiger charge is -2.28. The number of non-ortho nitro benzene ring substituents is 1. The van der Waals surface area contributed by atoms with E-state index in [0.29, 0.717) is 5.69 Å². The molecule has 116 valence electrons. The minimum atomic E-state index is -0.834. The van der Waals surface area contributed by atoms with Gasteiger partial charge in [-0.1, -0.05) is 0 Å². The first-order valence-electron chi connectivity index (χ1n) is 6.59. The van der Waals surface area contributed by atoms with Gasteiger partial charge in [0.25, 0.3) is 5.69 Å². The fourth-order valence-electron chi connectivity index (χ4n) is 1.74. The van der Waals surface area contributed by atoms with E-state index in [-0.39, 0.29) is 5.69 Å². The van der Waals surface area contributed by atoms with Crippen LogP contribution in [0.15, 0.2) is 24.3 Å². The first-order valence-corrected chi connectivity index (χ1v) is 6.59. The summed E-state index contributed by atoms with van der Waals surface area (Å²) in [7, 11) is 0. The molecule has 0 spiro atoms. The number of nitro groups is 1. The van der Waals surface area contributed by atoms with Crippen LogP contribution in [0.5, 0.6) is 0 Å². The number of amides is 1. The van der Waals surface area contributed by atoms with Gasteiger partial charge in [-0.15, -0.1) is 0 Å². The Kier molecular flexibility index (Phi) is 5.40. The maximum atomic E-state index is 12.0. The predicted octanol–water partition coefficient (Wildman–Crippen LogP) is 2.06. The second-order valence-electron chi connectivity index (χ2n) is 5.75. The van der Waals surface area contributed by atoms with Gasteiger partial charge >= 0.3 is 0 Å². The average Bonchev–Trinajstić information content (AvgIpc) is 2.36. The molecule has 3 N–H and O–H groups in total. The number of ether oxygens (including phenoxy) is 1. The lowest BCUT2D eigenvalue weighted by molar-refractivity contribution is -0.384. The number of hydrogen-bond acceptors (Lipinski definition) is 5. The molecule has 0 unspecified atom stereocenters. The zero-order valence-corrected chi connectivity index (χ0v) is 12.6. The number of carbonyl (C=O) groups excluding carboxylic acids is 1. The van der Waals surface area contributed by atoms with Crippen molar-refractivity contribution in [2.24, 2.45) is 5.73 Å². The van der Waals surface area contributed by atoms with Crippen LogP contribution in [0.2, 0.25) is 0 Å². The van der Waals surface area contributed by atoms with Gasteiger partial charge in [-0.2, -0.15) is 0 Å². The van der Waals surface area contributed by atoms with Crippen LogP contribution in [0.4, 0.5) is 11.4 Å². The van der Waals surface area contributed by atoms with Crippen molar-refractivity contribution in [2.45, 2.75) is 45.4 Å². The number of hydrogen-bond donors (Lipinski definition) is 2. The van der Waals surface area contributed by atoms with Crippen molar-refractivity contribution in [2.75, 3.05) is 5.32 Å². The highest BCUT2D eigenvalue weighted by atomic mass is 16.6. The third-order valence-electron chi connectivity index (χ3n) is 2.69. The number of benzene rings is 1. The summed E-state index contributed by atoms with van der Waals surface area (Å²) >= 11 is 0. The van der Waals surface area contributed by atoms with Crippen molar-refractivity contribution in [1.82, 2.24) is 0 Å². The Morgan fingerprint density at radius 2 is 1.86 bits per heavy atom. The summed E-state index contributed by atoms with van der Waals surface area (Å²) < 4.78 is 5.63. The standard InChI is InChI=1S/C14H21N3O4/c1-9(21-14(2,3)4)12(15)13(18)16-10-5-7-11(8-6-10)17(19)20/h5-9,12H,15H2,1-4H3,(H,16,18)/t9-,12+/m0/s1. The molecular formula is C14H21N3O4. The van der Waals surface area contributed by atoms with Gasteiger partial charge in [0, 0.05) is 17.8 Å². The summed E-state index contributed by atoms with van der Waals surface area (Å²) in [5.41, 5.74) is 5.86. The molecule has 0 fully saturated rings. The highest BCUT2D eigenvalue weighted by Gasteiger charge is 2.25. The summed E-state index contributed by atoms with van der Waals surface area (Å²) in [4.78, 5) is 22.1. The summed E-state index contributed by atoms with van der Waals surface area (Å²) in [5.74, 6) is -0.402. The molecule has 0 saturated carbocycles. The molecule has 0 heterocycles. The van der Waals surface area contributed by atoms with Gasteiger partial charge in [0.2, 0.25) is 5.91 Å². The molecule has 21 heavy (non-hydrogen) atoms. The van der Waals surface area contributed by atoms with Crippen molar-refractivity contribution >= 4 is 17.3 Å². The zero-order chi connectivity index (χ0) is 16.2. The first-order chi connectivity index (χ1) is 9.60. The summed E-state index contributed by atoms with van der Waals surface area (Å²) in [6.45, 7) is 7.37. The van der Waals surface area contributed by atoms with Crippen LogP contribution < -0.4 is 11.1 Å². The van der Waals surface area contributed by atoms with Crippen molar-refractivity contribution in [3.05, 3.63) is 34.4 Å². The molecule has 0 aromatic heterocycles. The van der Waals surface area contributed by atoms with E-state index in [1.54, 1.807) is 6.92 Å². The molecular weight excluding hydrogens is 274 g/mol. The van der Waals surface area contributed by atoms with Gasteiger partial charge in [-0.05, 0) is 39.8 Å². The molecule has 2 atom stereocenters. The van der Waals surface area contributed by atoms with Gasteiger partial charge in [0.05, 0.1) is 16.6 Å². The highest BCUT2D eigenvalue weighted by Crippen LogP contribution is 2.17. The van der Waals surface area contributed by atoms with Gasteiger partial charge in [-0.3, -0.25) is 14.9 Å². The van der Waals surface area contributed by atoms with Crippen LogP contribution in [0.3, 0.4) is 0 Å². The maximum Gasteiger partial charge on any atom is 0.269 e. The largest absolute Gasteiger partial charge is 0.371 e. The molecule has 0 radical (unpaired) electrons. The molecule has 0 aliphatic rings. The number of nitrogens with one attached hydrogen (secondary N) is 1. The lowest BCUT2D eigenvalue weighted by atomic mass is 10.1. The number of nitrogens with two attached hydrogens (primary N) is 1. The van der Waals surface area contributed by atoms with E-state index >= 15 is 0 Å². The number of nitrogens with zero attached hydrogens (tertiary/aromatic N) is 1. The van der Waals surface area contributed by atoms with E-state index < -0.39 is 28.6 Å². The predicted molar refractivity (Wildman–Crippen MR) is 80.0 cm³/mol. The molecule has 0 aliphatic carbocycles. The SMILES string of the molecule is C[C@H](OC(C)(C)C)[C@@H](N)C(=O)Nc1ccc([N+](=O)[O-])cc1. The van der Waals surface area contributed by atoms with Crippen LogP contribution in [0.1, 0.15) is 27.7 Å². The quantitative estimate of drug-likeness (QED) is 0.638. The Hall–Kier alpha value is -1.99. The topological polar surface area (TPSA) is 107 Å². The van der Waals surface area contributed by atoms with Crippen LogP contribution in [-0.4, -0.2) is 28.6 Å². The molecule has 1 aromatic carbocycles. The lowest BCUT2D eigenvalue weighted by Crippen LogP contribution is -2.47. The average molecular weight is 295 g/mol. The first kappa shape index (κ1) is 17.1. The van der Waals surface area contributed by atoms with Crippen LogP contribution >= 0.6 is 0 Å². The number of anilines is 1. The Morgan fingerprint density at radius 1 is 1.33 bits per heavy atom. The zero-order valence-electron chi connectivity index (χ0n) is 12.6. The highest BCUT2D eigenvalue weighted by molar-refractivity contribution is 5.95. The van der Waals surface area contributed by atoms with E-state index in [0.717, 1.165) is 0 Å². The number of nitro benzene ring substituents is 1. The molecule has 0 saturated heterocycles. The second kappa shape index (κ2) is 6.64. The Morgan fingerprint density at radius 3 is 2.29 bits per heavy atom. The number of carbonyl (C=O) groups is 1. The monoisotopic (exact) mass is 295 g/mol. The third kappa shape index (κ3) is 5.49. The summed E-state index contributed by atoms with van der Waals surface area (Å²) in [6, 6.07) is 4.71. The fourth-order valence-corrected chi connectivity index (χ4v) is 1.74. The van der Waals surface area contributed by atoms with E-state index in [2.05, 4.69) is 5.32 Å². The van der Waals surface area contributed by atoms with Crippen LogP contribution in [0.25, 0.3) is 0 Å². The Balaban J connectivity index is 2.65. The van der Waals surface area contributed by atoms with Crippen molar-refractivity contribution in [3.8, 4) is 0 Å². The Labute approximate surface area is 123 Å². The van der Waals surface area contributed by atoms with Crippen molar-refractivity contribution in [3.63, 3.8) is 0 Å². The minimum Gasteiger partial charge on any atom is -0.371 e. The van der Waals surface area contributed by atoms with Gasteiger partial charge in [0.15, 0.2) is 0 Å². The smallest absolute Gasteiger partial charge is 0.269 e. The fraction of sp³-hybridized carbons (Fsp3) is 0.500. The minimum absolute atomic E-state index is 0.0401. The van der Waals surface area contributed by atoms with Crippen LogP contribution in [0, 0.1) is 10.1 Å². The van der Waals surface area contributed by atoms with Gasteiger partial charge in [-0.25, -0.2) is 0 Å². The van der Waals surface area contributed by atoms with E-state index in [1.807, 2.05) is 20.8 Å². The molecule has 0 aliphatic heterocycles. The van der Waals surface area contributed by atoms with Crippen molar-refractivity contribution in [1.29, 1.82) is 0 Å². The molecule has 1 aromatic rings. The maximum absolute atomic E-state index is 12.0. The second-order valence-corrected chi connectivity index (χ2v) is 5.75.